The molecule has 2 atom stereocenters. The summed E-state index contributed by atoms with van der Waals surface area (Å²) < 4.78 is 0. The highest BCUT2D eigenvalue weighted by Crippen LogP contribution is 2.35. The van der Waals surface area contributed by atoms with Crippen LogP contribution in [0.3, 0.4) is 0 Å². The average Bonchev–Trinajstić information content (AvgIpc) is 3.28. The van der Waals surface area contributed by atoms with Gasteiger partial charge in [-0.1, -0.05) is 30.3 Å². The maximum absolute atomic E-state index is 4.65. The second-order valence-electron chi connectivity index (χ2n) is 7.28. The normalized spacial score (nSPS) is 23.9. The van der Waals surface area contributed by atoms with Crippen LogP contribution in [0, 0.1) is 5.92 Å². The average molecular weight is 333 g/mol. The van der Waals surface area contributed by atoms with Crippen molar-refractivity contribution in [3.05, 3.63) is 54.5 Å². The molecule has 5 heteroatoms. The van der Waals surface area contributed by atoms with E-state index in [2.05, 4.69) is 61.1 Å². The first kappa shape index (κ1) is 14.9. The molecule has 5 rings (SSSR count). The highest BCUT2D eigenvalue weighted by molar-refractivity contribution is 5.87. The minimum atomic E-state index is 0.561. The van der Waals surface area contributed by atoms with Gasteiger partial charge in [0.1, 0.15) is 17.8 Å². The van der Waals surface area contributed by atoms with Gasteiger partial charge in [0, 0.05) is 38.4 Å². The van der Waals surface area contributed by atoms with Crippen molar-refractivity contribution in [2.24, 2.45) is 5.92 Å². The lowest BCUT2D eigenvalue weighted by molar-refractivity contribution is 0.313. The van der Waals surface area contributed by atoms with Crippen molar-refractivity contribution in [2.45, 2.75) is 25.4 Å². The van der Waals surface area contributed by atoms with Crippen molar-refractivity contribution in [2.75, 3.05) is 24.5 Å². The summed E-state index contributed by atoms with van der Waals surface area (Å²) in [4.78, 5) is 17.4. The van der Waals surface area contributed by atoms with Crippen LogP contribution >= 0.6 is 0 Å². The molecule has 2 aliphatic rings. The van der Waals surface area contributed by atoms with Gasteiger partial charge in [-0.15, -0.1) is 0 Å². The van der Waals surface area contributed by atoms with E-state index < -0.39 is 0 Å². The van der Waals surface area contributed by atoms with Gasteiger partial charge in [-0.2, -0.15) is 0 Å². The lowest BCUT2D eigenvalue weighted by atomic mass is 9.92. The summed E-state index contributed by atoms with van der Waals surface area (Å²) in [6.07, 6.45) is 6.22. The van der Waals surface area contributed by atoms with E-state index in [-0.39, 0.29) is 0 Å². The molecule has 0 saturated carbocycles. The number of nitrogens with zero attached hydrogens (tertiary/aromatic N) is 4. The number of aromatic nitrogens is 3. The number of aromatic amines is 1. The fraction of sp³-hybridized carbons (Fsp3) is 0.400. The van der Waals surface area contributed by atoms with Crippen LogP contribution in [-0.2, 0) is 6.54 Å². The molecule has 25 heavy (non-hydrogen) atoms. The highest BCUT2D eigenvalue weighted by atomic mass is 15.3. The fourth-order valence-electron chi connectivity index (χ4n) is 4.59. The minimum Gasteiger partial charge on any atom is -0.351 e. The molecule has 2 saturated heterocycles. The van der Waals surface area contributed by atoms with Crippen LogP contribution in [0.5, 0.6) is 0 Å². The summed E-state index contributed by atoms with van der Waals surface area (Å²) in [7, 11) is 0. The van der Waals surface area contributed by atoms with Crippen molar-refractivity contribution in [1.82, 2.24) is 19.9 Å². The zero-order valence-electron chi connectivity index (χ0n) is 14.3. The fourth-order valence-corrected chi connectivity index (χ4v) is 4.59. The number of benzene rings is 1. The smallest absolute Gasteiger partial charge is 0.142 e. The van der Waals surface area contributed by atoms with Gasteiger partial charge < -0.3 is 9.88 Å². The van der Waals surface area contributed by atoms with Gasteiger partial charge in [0.2, 0.25) is 0 Å². The third-order valence-corrected chi connectivity index (χ3v) is 5.71. The van der Waals surface area contributed by atoms with Crippen LogP contribution in [0.1, 0.15) is 18.4 Å². The van der Waals surface area contributed by atoms with Gasteiger partial charge in [-0.05, 0) is 30.4 Å². The standard InChI is InChI=1S/C20H23N5/c1-2-5-15(6-3-1)11-24-12-16-7-4-10-25(18(16)13-24)20-17-8-9-21-19(17)22-14-23-20/h1-3,5-6,8-9,14,16,18H,4,7,10-13H2,(H,21,22,23)/t16-,18+/m0/s1. The van der Waals surface area contributed by atoms with E-state index in [1.165, 1.54) is 24.9 Å². The molecule has 4 heterocycles. The minimum absolute atomic E-state index is 0.561. The van der Waals surface area contributed by atoms with Crippen LogP contribution < -0.4 is 4.90 Å². The van der Waals surface area contributed by atoms with E-state index in [1.807, 2.05) is 6.20 Å². The lowest BCUT2D eigenvalue weighted by Crippen LogP contribution is -2.45. The van der Waals surface area contributed by atoms with Gasteiger partial charge in [0.05, 0.1) is 5.39 Å². The number of nitrogens with one attached hydrogen (secondary N) is 1. The summed E-state index contributed by atoms with van der Waals surface area (Å²) in [5.41, 5.74) is 2.34. The third kappa shape index (κ3) is 2.68. The Kier molecular flexibility index (Phi) is 3.67. The Morgan fingerprint density at radius 1 is 1.08 bits per heavy atom. The molecule has 0 radical (unpaired) electrons. The summed E-state index contributed by atoms with van der Waals surface area (Å²) in [6.45, 7) is 4.45. The maximum atomic E-state index is 4.65. The first-order chi connectivity index (χ1) is 12.4. The SMILES string of the molecule is c1ccc(CN2C[C@@H]3CCCN(c4ncnc5[nH]ccc45)[C@@H]3C2)cc1. The van der Waals surface area contributed by atoms with Crippen molar-refractivity contribution < 1.29 is 0 Å². The molecule has 0 unspecified atom stereocenters. The van der Waals surface area contributed by atoms with Gasteiger partial charge in [0.25, 0.3) is 0 Å². The van der Waals surface area contributed by atoms with Crippen molar-refractivity contribution in [3.8, 4) is 0 Å². The van der Waals surface area contributed by atoms with Gasteiger partial charge in [-0.3, -0.25) is 4.90 Å². The number of likely N-dealkylation sites (tertiary alicyclic amines) is 1. The Balaban J connectivity index is 1.41. The van der Waals surface area contributed by atoms with Crippen LogP contribution in [0.25, 0.3) is 11.0 Å². The predicted octanol–water partition coefficient (Wildman–Crippen LogP) is 3.06. The quantitative estimate of drug-likeness (QED) is 0.800. The van der Waals surface area contributed by atoms with Crippen LogP contribution in [0.4, 0.5) is 5.82 Å². The van der Waals surface area contributed by atoms with Crippen LogP contribution in [-0.4, -0.2) is 45.5 Å². The molecule has 2 aliphatic heterocycles. The molecule has 0 amide bonds. The Labute approximate surface area is 147 Å². The van der Waals surface area contributed by atoms with Gasteiger partial charge in [0.15, 0.2) is 0 Å². The van der Waals surface area contributed by atoms with Crippen molar-refractivity contribution in [3.63, 3.8) is 0 Å². The van der Waals surface area contributed by atoms with Crippen molar-refractivity contribution in [1.29, 1.82) is 0 Å². The van der Waals surface area contributed by atoms with E-state index in [0.717, 1.165) is 42.4 Å². The van der Waals surface area contributed by atoms with Crippen molar-refractivity contribution >= 4 is 16.9 Å². The molecule has 0 spiro atoms. The summed E-state index contributed by atoms with van der Waals surface area (Å²) in [5.74, 6) is 1.84. The maximum Gasteiger partial charge on any atom is 0.142 e. The van der Waals surface area contributed by atoms with E-state index >= 15 is 0 Å². The molecule has 0 bridgehead atoms. The Bertz CT molecular complexity index is 859. The molecule has 0 aliphatic carbocycles. The van der Waals surface area contributed by atoms with E-state index in [1.54, 1.807) is 6.33 Å². The molecule has 128 valence electrons. The topological polar surface area (TPSA) is 48.1 Å². The van der Waals surface area contributed by atoms with Gasteiger partial charge in [-0.25, -0.2) is 9.97 Å². The Morgan fingerprint density at radius 3 is 2.92 bits per heavy atom. The highest BCUT2D eigenvalue weighted by Gasteiger charge is 2.39. The molecule has 2 aromatic heterocycles. The first-order valence-electron chi connectivity index (χ1n) is 9.19. The number of fused-ring (bicyclic) bond motifs is 2. The summed E-state index contributed by atoms with van der Waals surface area (Å²) in [5, 5.41) is 1.14. The van der Waals surface area contributed by atoms with E-state index in [0.29, 0.717) is 6.04 Å². The molecular formula is C20H23N5. The van der Waals surface area contributed by atoms with Crippen LogP contribution in [0.15, 0.2) is 48.9 Å². The molecule has 2 fully saturated rings. The molecule has 3 aromatic rings. The lowest BCUT2D eigenvalue weighted by Gasteiger charge is -2.38. The summed E-state index contributed by atoms with van der Waals surface area (Å²) >= 11 is 0. The van der Waals surface area contributed by atoms with E-state index in [9.17, 15) is 0 Å². The number of hydrogen-bond donors (Lipinski definition) is 1. The Hall–Kier alpha value is -2.40. The van der Waals surface area contributed by atoms with E-state index in [4.69, 9.17) is 0 Å². The van der Waals surface area contributed by atoms with Crippen LogP contribution in [0.2, 0.25) is 0 Å². The zero-order valence-corrected chi connectivity index (χ0v) is 14.3. The number of piperidine rings is 1. The second-order valence-corrected chi connectivity index (χ2v) is 7.28. The molecule has 1 aromatic carbocycles. The number of hydrogen-bond acceptors (Lipinski definition) is 4. The summed E-state index contributed by atoms with van der Waals surface area (Å²) in [6, 6.07) is 13.5. The Morgan fingerprint density at radius 2 is 2.00 bits per heavy atom. The monoisotopic (exact) mass is 333 g/mol. The second kappa shape index (κ2) is 6.15. The number of H-pyrrole nitrogens is 1. The molecular weight excluding hydrogens is 310 g/mol. The number of rotatable bonds is 3. The largest absolute Gasteiger partial charge is 0.351 e. The molecule has 5 nitrogen and oxygen atoms in total. The zero-order chi connectivity index (χ0) is 16.6. The van der Waals surface area contributed by atoms with Gasteiger partial charge >= 0.3 is 0 Å². The first-order valence-corrected chi connectivity index (χ1v) is 9.19. The number of anilines is 1. The third-order valence-electron chi connectivity index (χ3n) is 5.71. The predicted molar refractivity (Wildman–Crippen MR) is 99.5 cm³/mol. The molecule has 1 N–H and O–H groups in total.